The Hall–Kier alpha value is -1.39. The van der Waals surface area contributed by atoms with Crippen LogP contribution in [0, 0.1) is 0 Å². The van der Waals surface area contributed by atoms with Gasteiger partial charge in [0, 0.05) is 6.61 Å². The Morgan fingerprint density at radius 2 is 1.95 bits per heavy atom. The van der Waals surface area contributed by atoms with E-state index in [1.54, 1.807) is 0 Å². The number of fused-ring (bicyclic) bond motifs is 1. The first kappa shape index (κ1) is 13.3. The summed E-state index contributed by atoms with van der Waals surface area (Å²) < 4.78 is 8.14. The maximum atomic E-state index is 10.5. The van der Waals surface area contributed by atoms with Crippen molar-refractivity contribution in [1.82, 2.24) is 9.55 Å². The number of nitrogens with zero attached hydrogens (tertiary/aromatic N) is 2. The zero-order valence-corrected chi connectivity index (χ0v) is 12.2. The minimum absolute atomic E-state index is 0.0894. The van der Waals surface area contributed by atoms with Gasteiger partial charge in [0.25, 0.3) is 0 Å². The van der Waals surface area contributed by atoms with Gasteiger partial charge in [-0.2, -0.15) is 0 Å². The van der Waals surface area contributed by atoms with E-state index < -0.39 is 0 Å². The number of ether oxygens (including phenoxy) is 1. The summed E-state index contributed by atoms with van der Waals surface area (Å²) in [4.78, 5) is 4.83. The van der Waals surface area contributed by atoms with Crippen molar-refractivity contribution >= 4 is 11.0 Å². The summed E-state index contributed by atoms with van der Waals surface area (Å²) in [7, 11) is 0. The Kier molecular flexibility index (Phi) is 3.43. The van der Waals surface area contributed by atoms with Gasteiger partial charge in [0.2, 0.25) is 0 Å². The summed E-state index contributed by atoms with van der Waals surface area (Å²) >= 11 is 0. The van der Waals surface area contributed by atoms with Crippen molar-refractivity contribution in [3.8, 4) is 0 Å². The largest absolute Gasteiger partial charge is 0.391 e. The van der Waals surface area contributed by atoms with Crippen molar-refractivity contribution in [3.05, 3.63) is 30.1 Å². The number of aromatic nitrogens is 2. The van der Waals surface area contributed by atoms with Crippen LogP contribution in [0.15, 0.2) is 24.3 Å². The van der Waals surface area contributed by atoms with Crippen LogP contribution >= 0.6 is 0 Å². The van der Waals surface area contributed by atoms with Crippen LogP contribution in [0.5, 0.6) is 0 Å². The van der Waals surface area contributed by atoms with E-state index in [-0.39, 0.29) is 18.2 Å². The van der Waals surface area contributed by atoms with E-state index in [1.807, 2.05) is 6.07 Å². The lowest BCUT2D eigenvalue weighted by molar-refractivity contribution is 0.0630. The van der Waals surface area contributed by atoms with Gasteiger partial charge in [-0.1, -0.05) is 25.0 Å². The summed E-state index contributed by atoms with van der Waals surface area (Å²) in [6, 6.07) is 8.39. The molecule has 4 rings (SSSR count). The van der Waals surface area contributed by atoms with Crippen molar-refractivity contribution in [1.29, 1.82) is 0 Å². The molecule has 1 saturated carbocycles. The number of benzene rings is 1. The number of hydrogen-bond acceptors (Lipinski definition) is 3. The predicted octanol–water partition coefficient (Wildman–Crippen LogP) is 3.36. The van der Waals surface area contributed by atoms with E-state index in [0.29, 0.717) is 0 Å². The van der Waals surface area contributed by atoms with E-state index >= 15 is 0 Å². The van der Waals surface area contributed by atoms with Gasteiger partial charge < -0.3 is 14.4 Å². The van der Waals surface area contributed by atoms with Gasteiger partial charge in [-0.25, -0.2) is 4.98 Å². The number of hydrogen-bond donors (Lipinski definition) is 1. The second kappa shape index (κ2) is 5.43. The molecule has 4 nitrogen and oxygen atoms in total. The maximum absolute atomic E-state index is 10.5. The Labute approximate surface area is 124 Å². The molecule has 1 saturated heterocycles. The lowest BCUT2D eigenvalue weighted by Gasteiger charge is -2.31. The fourth-order valence-corrected chi connectivity index (χ4v) is 3.81. The van der Waals surface area contributed by atoms with Gasteiger partial charge in [0.15, 0.2) is 0 Å². The molecule has 1 N–H and O–H groups in total. The van der Waals surface area contributed by atoms with Crippen molar-refractivity contribution < 1.29 is 9.84 Å². The third kappa shape index (κ3) is 2.27. The molecule has 2 fully saturated rings. The number of aliphatic hydroxyl groups excluding tert-OH is 1. The summed E-state index contributed by atoms with van der Waals surface area (Å²) in [5.74, 6) is 1.01. The molecule has 0 spiro atoms. The van der Waals surface area contributed by atoms with Gasteiger partial charge in [0.05, 0.1) is 23.2 Å². The molecule has 0 unspecified atom stereocenters. The standard InChI is InChI=1S/C17H22N2O2/c20-15-9-4-3-8-14(15)19-13-7-2-1-6-12(13)18-17(19)16-10-5-11-21-16/h1-2,6-7,14-16,20H,3-5,8-11H2/t14-,15+,16-/m0/s1. The lowest BCUT2D eigenvalue weighted by atomic mass is 9.92. The van der Waals surface area contributed by atoms with Crippen LogP contribution in [-0.2, 0) is 4.74 Å². The molecule has 3 atom stereocenters. The first-order valence-electron chi connectivity index (χ1n) is 8.11. The minimum atomic E-state index is -0.267. The molecule has 0 bridgehead atoms. The molecule has 1 aliphatic heterocycles. The molecule has 0 amide bonds. The molecule has 2 aliphatic rings. The number of imidazole rings is 1. The summed E-state index contributed by atoms with van der Waals surface area (Å²) in [5, 5.41) is 10.5. The van der Waals surface area contributed by atoms with Crippen LogP contribution in [0.1, 0.15) is 56.5 Å². The lowest BCUT2D eigenvalue weighted by Crippen LogP contribution is -2.29. The normalized spacial score (nSPS) is 30.0. The molecule has 112 valence electrons. The fourth-order valence-electron chi connectivity index (χ4n) is 3.81. The predicted molar refractivity (Wildman–Crippen MR) is 81.2 cm³/mol. The summed E-state index contributed by atoms with van der Waals surface area (Å²) in [6.45, 7) is 0.821. The van der Waals surface area contributed by atoms with Gasteiger partial charge in [-0.3, -0.25) is 0 Å². The van der Waals surface area contributed by atoms with E-state index in [0.717, 1.165) is 55.6 Å². The molecule has 1 aromatic heterocycles. The minimum Gasteiger partial charge on any atom is -0.391 e. The van der Waals surface area contributed by atoms with Crippen LogP contribution in [0.3, 0.4) is 0 Å². The highest BCUT2D eigenvalue weighted by atomic mass is 16.5. The van der Waals surface area contributed by atoms with Gasteiger partial charge >= 0.3 is 0 Å². The van der Waals surface area contributed by atoms with Crippen LogP contribution in [0.25, 0.3) is 11.0 Å². The Balaban J connectivity index is 1.85. The quantitative estimate of drug-likeness (QED) is 0.920. The van der Waals surface area contributed by atoms with E-state index in [9.17, 15) is 5.11 Å². The molecular weight excluding hydrogens is 264 g/mol. The topological polar surface area (TPSA) is 47.3 Å². The third-order valence-corrected chi connectivity index (χ3v) is 4.87. The first-order valence-corrected chi connectivity index (χ1v) is 8.11. The van der Waals surface area contributed by atoms with Crippen molar-refractivity contribution in [2.45, 2.75) is 56.8 Å². The van der Waals surface area contributed by atoms with Gasteiger partial charge in [-0.05, 0) is 37.8 Å². The molecule has 2 heterocycles. The third-order valence-electron chi connectivity index (χ3n) is 4.87. The zero-order chi connectivity index (χ0) is 14.2. The van der Waals surface area contributed by atoms with Crippen molar-refractivity contribution in [2.24, 2.45) is 0 Å². The van der Waals surface area contributed by atoms with Crippen LogP contribution in [0.4, 0.5) is 0 Å². The second-order valence-corrected chi connectivity index (χ2v) is 6.25. The zero-order valence-electron chi connectivity index (χ0n) is 12.2. The number of para-hydroxylation sites is 2. The van der Waals surface area contributed by atoms with Gasteiger partial charge in [-0.15, -0.1) is 0 Å². The number of rotatable bonds is 2. The van der Waals surface area contributed by atoms with Crippen LogP contribution < -0.4 is 0 Å². The Morgan fingerprint density at radius 3 is 2.76 bits per heavy atom. The number of aliphatic hydroxyl groups is 1. The smallest absolute Gasteiger partial charge is 0.139 e. The van der Waals surface area contributed by atoms with E-state index in [1.165, 1.54) is 6.42 Å². The SMILES string of the molecule is O[C@@H]1CCCC[C@@H]1n1c([C@@H]2CCCO2)nc2ccccc21. The highest BCUT2D eigenvalue weighted by Crippen LogP contribution is 2.37. The highest BCUT2D eigenvalue weighted by molar-refractivity contribution is 5.76. The Bertz CT molecular complexity index is 631. The molecule has 2 aromatic rings. The fraction of sp³-hybridized carbons (Fsp3) is 0.588. The second-order valence-electron chi connectivity index (χ2n) is 6.25. The average Bonchev–Trinajstić information content (AvgIpc) is 3.15. The maximum Gasteiger partial charge on any atom is 0.139 e. The average molecular weight is 286 g/mol. The Morgan fingerprint density at radius 1 is 1.10 bits per heavy atom. The van der Waals surface area contributed by atoms with E-state index in [4.69, 9.17) is 9.72 Å². The monoisotopic (exact) mass is 286 g/mol. The molecule has 4 heteroatoms. The highest BCUT2D eigenvalue weighted by Gasteiger charge is 2.32. The summed E-state index contributed by atoms with van der Waals surface area (Å²) in [5.41, 5.74) is 2.15. The molecule has 1 aromatic carbocycles. The van der Waals surface area contributed by atoms with Crippen molar-refractivity contribution in [2.75, 3.05) is 6.61 Å². The van der Waals surface area contributed by atoms with Gasteiger partial charge in [0.1, 0.15) is 11.9 Å². The molecule has 21 heavy (non-hydrogen) atoms. The van der Waals surface area contributed by atoms with Crippen LogP contribution in [-0.4, -0.2) is 27.4 Å². The molecular formula is C17H22N2O2. The first-order chi connectivity index (χ1) is 10.3. The van der Waals surface area contributed by atoms with E-state index in [2.05, 4.69) is 22.8 Å². The molecule has 0 radical (unpaired) electrons. The molecule has 1 aliphatic carbocycles. The summed E-state index contributed by atoms with van der Waals surface area (Å²) in [6.07, 6.45) is 6.18. The van der Waals surface area contributed by atoms with Crippen molar-refractivity contribution in [3.63, 3.8) is 0 Å². The van der Waals surface area contributed by atoms with Crippen LogP contribution in [0.2, 0.25) is 0 Å².